The molecule has 0 radical (unpaired) electrons. The Morgan fingerprint density at radius 2 is 1.68 bits per heavy atom. The Morgan fingerprint density at radius 1 is 1.00 bits per heavy atom. The summed E-state index contributed by atoms with van der Waals surface area (Å²) in [5.41, 5.74) is 2.22. The highest BCUT2D eigenvalue weighted by Crippen LogP contribution is 2.05. The first-order valence-corrected chi connectivity index (χ1v) is 7.78. The average Bonchev–Trinajstić information content (AvgIpc) is 2.58. The Labute approximate surface area is 133 Å². The lowest BCUT2D eigenvalue weighted by Gasteiger charge is -2.09. The van der Waals surface area contributed by atoms with E-state index in [1.54, 1.807) is 0 Å². The van der Waals surface area contributed by atoms with Crippen LogP contribution in [-0.2, 0) is 4.74 Å². The maximum atomic E-state index is 5.87. The first-order chi connectivity index (χ1) is 10.9. The van der Waals surface area contributed by atoms with Crippen molar-refractivity contribution in [2.75, 3.05) is 6.61 Å². The van der Waals surface area contributed by atoms with Gasteiger partial charge in [-0.25, -0.2) is 0 Å². The van der Waals surface area contributed by atoms with Crippen LogP contribution in [-0.4, -0.2) is 12.7 Å². The second kappa shape index (κ2) is 9.60. The fraction of sp³-hybridized carbons (Fsp3) is 0.238. The monoisotopic (exact) mass is 290 g/mol. The summed E-state index contributed by atoms with van der Waals surface area (Å²) in [6.07, 6.45) is 6.14. The molecule has 0 aliphatic heterocycles. The molecule has 1 heteroatoms. The average molecular weight is 290 g/mol. The second-order valence-corrected chi connectivity index (χ2v) is 5.06. The molecular weight excluding hydrogens is 268 g/mol. The molecule has 0 amide bonds. The van der Waals surface area contributed by atoms with Crippen LogP contribution in [0.3, 0.4) is 0 Å². The van der Waals surface area contributed by atoms with Gasteiger partial charge in [0.05, 0.1) is 6.61 Å². The summed E-state index contributed by atoms with van der Waals surface area (Å²) in [4.78, 5) is 0. The number of benzene rings is 2. The van der Waals surface area contributed by atoms with Gasteiger partial charge < -0.3 is 4.74 Å². The van der Waals surface area contributed by atoms with Crippen LogP contribution in [0.15, 0.2) is 66.7 Å². The van der Waals surface area contributed by atoms with Crippen molar-refractivity contribution in [3.63, 3.8) is 0 Å². The largest absolute Gasteiger partial charge is 0.361 e. The number of hydrogen-bond acceptors (Lipinski definition) is 1. The molecule has 112 valence electrons. The van der Waals surface area contributed by atoms with Crippen molar-refractivity contribution in [3.05, 3.63) is 77.9 Å². The third-order valence-corrected chi connectivity index (χ3v) is 3.21. The highest BCUT2D eigenvalue weighted by Gasteiger charge is 2.02. The normalized spacial score (nSPS) is 11.9. The van der Waals surface area contributed by atoms with Crippen LogP contribution in [0, 0.1) is 11.8 Å². The van der Waals surface area contributed by atoms with Crippen molar-refractivity contribution in [1.82, 2.24) is 0 Å². The fourth-order valence-corrected chi connectivity index (χ4v) is 2.06. The molecule has 0 N–H and O–H groups in total. The van der Waals surface area contributed by atoms with Gasteiger partial charge in [0, 0.05) is 5.56 Å². The van der Waals surface area contributed by atoms with Crippen LogP contribution in [0.2, 0.25) is 0 Å². The molecule has 1 unspecified atom stereocenters. The maximum Gasteiger partial charge on any atom is 0.119 e. The lowest BCUT2D eigenvalue weighted by Crippen LogP contribution is -2.10. The van der Waals surface area contributed by atoms with Crippen LogP contribution < -0.4 is 0 Å². The van der Waals surface area contributed by atoms with Crippen molar-refractivity contribution in [3.8, 4) is 11.8 Å². The number of ether oxygens (including phenoxy) is 1. The summed E-state index contributed by atoms with van der Waals surface area (Å²) in [5, 5.41) is 0. The van der Waals surface area contributed by atoms with Gasteiger partial charge in [0.25, 0.3) is 0 Å². The SMILES string of the molecule is CCCC(C#Cc1ccccc1)OC/C=C/c1ccccc1. The lowest BCUT2D eigenvalue weighted by molar-refractivity contribution is 0.109. The molecule has 0 aromatic heterocycles. The quantitative estimate of drug-likeness (QED) is 0.685. The van der Waals surface area contributed by atoms with E-state index in [9.17, 15) is 0 Å². The van der Waals surface area contributed by atoms with Crippen LogP contribution >= 0.6 is 0 Å². The fourth-order valence-electron chi connectivity index (χ4n) is 2.06. The standard InChI is InChI=1S/C21H22O/c1-2-10-21(17-16-20-13-7-4-8-14-20)22-18-9-15-19-11-5-3-6-12-19/h3-9,11-15,21H,2,10,18H2,1H3/b15-9+. The molecule has 2 aromatic rings. The highest BCUT2D eigenvalue weighted by atomic mass is 16.5. The maximum absolute atomic E-state index is 5.87. The Kier molecular flexibility index (Phi) is 7.02. The van der Waals surface area contributed by atoms with Gasteiger partial charge in [-0.15, -0.1) is 0 Å². The molecule has 22 heavy (non-hydrogen) atoms. The van der Waals surface area contributed by atoms with Gasteiger partial charge in [-0.3, -0.25) is 0 Å². The van der Waals surface area contributed by atoms with E-state index in [0.29, 0.717) is 6.61 Å². The molecule has 0 saturated carbocycles. The Morgan fingerprint density at radius 3 is 2.36 bits per heavy atom. The number of rotatable bonds is 6. The summed E-state index contributed by atoms with van der Waals surface area (Å²) < 4.78 is 5.87. The summed E-state index contributed by atoms with van der Waals surface area (Å²) >= 11 is 0. The predicted octanol–water partition coefficient (Wildman–Crippen LogP) is 4.94. The molecule has 0 fully saturated rings. The van der Waals surface area contributed by atoms with Crippen LogP contribution in [0.25, 0.3) is 6.08 Å². The smallest absolute Gasteiger partial charge is 0.119 e. The van der Waals surface area contributed by atoms with Gasteiger partial charge in [0.2, 0.25) is 0 Å². The van der Waals surface area contributed by atoms with Crippen LogP contribution in [0.4, 0.5) is 0 Å². The van der Waals surface area contributed by atoms with Gasteiger partial charge in [-0.2, -0.15) is 0 Å². The molecular formula is C21H22O. The van der Waals surface area contributed by atoms with Gasteiger partial charge in [0.1, 0.15) is 6.10 Å². The van der Waals surface area contributed by atoms with Crippen molar-refractivity contribution in [1.29, 1.82) is 0 Å². The lowest BCUT2D eigenvalue weighted by atomic mass is 10.2. The molecule has 0 aliphatic carbocycles. The van der Waals surface area contributed by atoms with E-state index in [1.807, 2.05) is 54.6 Å². The molecule has 2 rings (SSSR count). The minimum absolute atomic E-state index is 0.00868. The molecule has 1 atom stereocenters. The molecule has 0 spiro atoms. The van der Waals surface area contributed by atoms with Gasteiger partial charge in [-0.1, -0.05) is 85.9 Å². The third-order valence-electron chi connectivity index (χ3n) is 3.21. The number of hydrogen-bond donors (Lipinski definition) is 0. The Balaban J connectivity index is 1.87. The zero-order valence-electron chi connectivity index (χ0n) is 13.0. The van der Waals surface area contributed by atoms with Crippen molar-refractivity contribution in [2.24, 2.45) is 0 Å². The molecule has 0 aliphatic rings. The molecule has 0 saturated heterocycles. The van der Waals surface area contributed by atoms with Gasteiger partial charge in [0.15, 0.2) is 0 Å². The molecule has 1 nitrogen and oxygen atoms in total. The summed E-state index contributed by atoms with van der Waals surface area (Å²) in [6.45, 7) is 2.74. The molecule has 0 heterocycles. The van der Waals surface area contributed by atoms with E-state index < -0.39 is 0 Å². The summed E-state index contributed by atoms with van der Waals surface area (Å²) in [5.74, 6) is 6.42. The Hall–Kier alpha value is -2.30. The minimum atomic E-state index is -0.00868. The Bertz CT molecular complexity index is 617. The zero-order chi connectivity index (χ0) is 15.5. The second-order valence-electron chi connectivity index (χ2n) is 5.06. The van der Waals surface area contributed by atoms with Crippen molar-refractivity contribution < 1.29 is 4.74 Å². The van der Waals surface area contributed by atoms with E-state index >= 15 is 0 Å². The van der Waals surface area contributed by atoms with E-state index in [4.69, 9.17) is 4.74 Å². The van der Waals surface area contributed by atoms with Crippen LogP contribution in [0.5, 0.6) is 0 Å². The zero-order valence-corrected chi connectivity index (χ0v) is 13.0. The third kappa shape index (κ3) is 5.99. The highest BCUT2D eigenvalue weighted by molar-refractivity contribution is 5.48. The molecule has 0 bridgehead atoms. The van der Waals surface area contributed by atoms with Gasteiger partial charge >= 0.3 is 0 Å². The van der Waals surface area contributed by atoms with Crippen molar-refractivity contribution in [2.45, 2.75) is 25.9 Å². The first-order valence-electron chi connectivity index (χ1n) is 7.78. The van der Waals surface area contributed by atoms with E-state index in [2.05, 4.69) is 37.0 Å². The minimum Gasteiger partial charge on any atom is -0.361 e. The van der Waals surface area contributed by atoms with E-state index in [0.717, 1.165) is 18.4 Å². The molecule has 2 aromatic carbocycles. The van der Waals surface area contributed by atoms with E-state index in [-0.39, 0.29) is 6.10 Å². The summed E-state index contributed by atoms with van der Waals surface area (Å²) in [6, 6.07) is 20.3. The van der Waals surface area contributed by atoms with Crippen molar-refractivity contribution >= 4 is 6.08 Å². The topological polar surface area (TPSA) is 9.23 Å². The predicted molar refractivity (Wildman–Crippen MR) is 93.4 cm³/mol. The van der Waals surface area contributed by atoms with E-state index in [1.165, 1.54) is 5.56 Å². The van der Waals surface area contributed by atoms with Crippen LogP contribution in [0.1, 0.15) is 30.9 Å². The van der Waals surface area contributed by atoms with Gasteiger partial charge in [-0.05, 0) is 24.1 Å². The first kappa shape index (κ1) is 16.1. The summed E-state index contributed by atoms with van der Waals surface area (Å²) in [7, 11) is 0.